The van der Waals surface area contributed by atoms with E-state index in [2.05, 4.69) is 13.0 Å². The fraction of sp³-hybridized carbons (Fsp3) is 0.720. The zero-order valence-electron chi connectivity index (χ0n) is 19.1. The number of aliphatic hydroxyl groups excluding tert-OH is 1. The van der Waals surface area contributed by atoms with Gasteiger partial charge in [0.25, 0.3) is 0 Å². The Hall–Kier alpha value is -0.540. The van der Waals surface area contributed by atoms with Crippen LogP contribution in [0, 0.1) is 23.2 Å². The van der Waals surface area contributed by atoms with Gasteiger partial charge in [0.2, 0.25) is 0 Å². The summed E-state index contributed by atoms with van der Waals surface area (Å²) < 4.78 is 14.8. The van der Waals surface area contributed by atoms with Crippen LogP contribution in [0.15, 0.2) is 39.3 Å². The number of allylic oxidation sites excluding steroid dienone is 1. The first-order chi connectivity index (χ1) is 16.0. The van der Waals surface area contributed by atoms with Gasteiger partial charge in [-0.2, -0.15) is 12.6 Å². The highest BCUT2D eigenvalue weighted by atomic mass is 35.5. The van der Waals surface area contributed by atoms with Gasteiger partial charge in [0.1, 0.15) is 16.0 Å². The minimum absolute atomic E-state index is 0.00204. The largest absolute Gasteiger partial charge is 0.431 e. The van der Waals surface area contributed by atoms with E-state index in [1.807, 2.05) is 0 Å². The molecule has 1 aliphatic heterocycles. The van der Waals surface area contributed by atoms with Crippen molar-refractivity contribution in [1.82, 2.24) is 0 Å². The highest BCUT2D eigenvalue weighted by Gasteiger charge is 2.76. The van der Waals surface area contributed by atoms with E-state index in [0.717, 1.165) is 5.57 Å². The summed E-state index contributed by atoms with van der Waals surface area (Å²) in [5.74, 6) is -0.250. The van der Waals surface area contributed by atoms with E-state index in [1.165, 1.54) is 12.3 Å². The summed E-state index contributed by atoms with van der Waals surface area (Å²) in [5, 5.41) is 23.3. The number of ether oxygens (including phenoxy) is 2. The van der Waals surface area contributed by atoms with E-state index < -0.39 is 31.6 Å². The maximum absolute atomic E-state index is 12.4. The first kappa shape index (κ1) is 23.8. The molecule has 0 aromatic carbocycles. The summed E-state index contributed by atoms with van der Waals surface area (Å²) >= 11 is 18.9. The normalized spacial score (nSPS) is 50.4. The van der Waals surface area contributed by atoms with E-state index in [4.69, 9.17) is 49.7 Å². The molecule has 0 bridgehead atoms. The smallest absolute Gasteiger partial charge is 0.335 e. The average molecular weight is 529 g/mol. The molecule has 186 valence electrons. The molecule has 6 nitrogen and oxygen atoms in total. The number of hydrogen-bond acceptors (Lipinski definition) is 7. The maximum Gasteiger partial charge on any atom is 0.335 e. The molecular formula is C25H30Cl2O6S. The molecule has 6 rings (SSSR count). The molecule has 1 aromatic heterocycles. The summed E-state index contributed by atoms with van der Waals surface area (Å²) in [7, 11) is 1.72. The van der Waals surface area contributed by atoms with Crippen LogP contribution in [-0.2, 0) is 9.47 Å². The lowest BCUT2D eigenvalue weighted by Crippen LogP contribution is -2.64. The summed E-state index contributed by atoms with van der Waals surface area (Å²) in [6, 6.07) is 2.99. The molecule has 1 saturated heterocycles. The van der Waals surface area contributed by atoms with Crippen LogP contribution >= 0.6 is 35.8 Å². The lowest BCUT2D eigenvalue weighted by atomic mass is 9.46. The molecule has 0 radical (unpaired) electrons. The van der Waals surface area contributed by atoms with Crippen molar-refractivity contribution in [2.45, 2.75) is 71.5 Å². The Bertz CT molecular complexity index is 1090. The standard InChI is InChI=1S/C25H30Cl2O6S/c1-12-14-4-5-16-15(22(14,11-28)21-19(33-21)18(12)31-2)7-8-24(34)20(13-3-6-17(29)32-9-13)25(26,27)10-23(16,24)30/h3,5-6,9,12,14-15,18-21,28,30,34H,4,7-8,10-11H2,1-2H3/t12-,14?,15?,18-,19-,20?,21?,22?,23+,24?/m1/s1. The quantitative estimate of drug-likeness (QED) is 0.241. The maximum atomic E-state index is 12.4. The first-order valence-corrected chi connectivity index (χ1v) is 13.2. The van der Waals surface area contributed by atoms with E-state index in [-0.39, 0.29) is 49.1 Å². The Kier molecular flexibility index (Phi) is 5.26. The van der Waals surface area contributed by atoms with Crippen LogP contribution in [0.2, 0.25) is 0 Å². The molecule has 34 heavy (non-hydrogen) atoms. The Morgan fingerprint density at radius 2 is 2.09 bits per heavy atom. The van der Waals surface area contributed by atoms with Crippen molar-refractivity contribution in [3.05, 3.63) is 46.0 Å². The predicted molar refractivity (Wildman–Crippen MR) is 130 cm³/mol. The van der Waals surface area contributed by atoms with Gasteiger partial charge in [-0.3, -0.25) is 0 Å². The predicted octanol–water partition coefficient (Wildman–Crippen LogP) is 3.47. The van der Waals surface area contributed by atoms with Gasteiger partial charge < -0.3 is 24.1 Å². The van der Waals surface area contributed by atoms with Crippen molar-refractivity contribution in [3.8, 4) is 0 Å². The topological polar surface area (TPSA) is 92.4 Å². The van der Waals surface area contributed by atoms with Gasteiger partial charge >= 0.3 is 5.63 Å². The average Bonchev–Trinajstić information content (AvgIpc) is 3.55. The van der Waals surface area contributed by atoms with Crippen LogP contribution in [-0.4, -0.2) is 56.9 Å². The second-order valence-electron chi connectivity index (χ2n) is 11.0. The summed E-state index contributed by atoms with van der Waals surface area (Å²) in [6.07, 6.45) is 5.41. The minimum atomic E-state index is -1.39. The molecular weight excluding hydrogens is 499 g/mol. The highest BCUT2D eigenvalue weighted by Crippen LogP contribution is 2.73. The van der Waals surface area contributed by atoms with Crippen LogP contribution < -0.4 is 5.63 Å². The molecule has 2 heterocycles. The second kappa shape index (κ2) is 7.50. The Balaban J connectivity index is 1.46. The van der Waals surface area contributed by atoms with E-state index in [1.54, 1.807) is 13.2 Å². The number of fused-ring (bicyclic) bond motifs is 7. The molecule has 5 aliphatic rings. The number of halogens is 2. The molecule has 0 spiro atoms. The van der Waals surface area contributed by atoms with Gasteiger partial charge in [-0.1, -0.05) is 13.0 Å². The van der Waals surface area contributed by atoms with Gasteiger partial charge in [0, 0.05) is 30.9 Å². The fourth-order valence-electron chi connectivity index (χ4n) is 8.46. The van der Waals surface area contributed by atoms with Crippen LogP contribution in [0.5, 0.6) is 0 Å². The molecule has 0 amide bonds. The van der Waals surface area contributed by atoms with Crippen molar-refractivity contribution in [3.63, 3.8) is 0 Å². The van der Waals surface area contributed by atoms with Crippen molar-refractivity contribution < 1.29 is 24.1 Å². The molecule has 2 N–H and O–H groups in total. The number of thiol groups is 1. The zero-order chi connectivity index (χ0) is 24.3. The summed E-state index contributed by atoms with van der Waals surface area (Å²) in [6.45, 7) is 2.16. The summed E-state index contributed by atoms with van der Waals surface area (Å²) in [5.41, 5.74) is -0.842. The van der Waals surface area contributed by atoms with Gasteiger partial charge in [0.15, 0.2) is 0 Å². The molecule has 3 saturated carbocycles. The van der Waals surface area contributed by atoms with Crippen molar-refractivity contribution in [1.29, 1.82) is 0 Å². The van der Waals surface area contributed by atoms with Gasteiger partial charge in [0.05, 0.1) is 29.8 Å². The molecule has 4 aliphatic carbocycles. The third-order valence-corrected chi connectivity index (χ3v) is 11.4. The van der Waals surface area contributed by atoms with Gasteiger partial charge in [-0.15, -0.1) is 23.2 Å². The highest BCUT2D eigenvalue weighted by molar-refractivity contribution is 7.82. The lowest BCUT2D eigenvalue weighted by Gasteiger charge is -2.60. The van der Waals surface area contributed by atoms with Crippen LogP contribution in [0.25, 0.3) is 0 Å². The van der Waals surface area contributed by atoms with E-state index in [9.17, 15) is 15.0 Å². The van der Waals surface area contributed by atoms with E-state index >= 15 is 0 Å². The number of aliphatic hydroxyl groups is 2. The Morgan fingerprint density at radius 1 is 1.32 bits per heavy atom. The number of epoxide rings is 1. The molecule has 6 unspecified atom stereocenters. The minimum Gasteiger partial charge on any atom is -0.431 e. The number of rotatable bonds is 3. The first-order valence-electron chi connectivity index (χ1n) is 12.0. The monoisotopic (exact) mass is 528 g/mol. The van der Waals surface area contributed by atoms with Crippen molar-refractivity contribution >= 4 is 35.8 Å². The van der Waals surface area contributed by atoms with Crippen molar-refractivity contribution in [2.24, 2.45) is 23.2 Å². The fourth-order valence-corrected chi connectivity index (χ4v) is 10.3. The van der Waals surface area contributed by atoms with E-state index in [0.29, 0.717) is 24.8 Å². The number of hydrogen-bond donors (Lipinski definition) is 3. The number of methoxy groups -OCH3 is 1. The third kappa shape index (κ3) is 2.78. The molecule has 9 heteroatoms. The number of alkyl halides is 2. The Labute approximate surface area is 214 Å². The van der Waals surface area contributed by atoms with Crippen molar-refractivity contribution in [2.75, 3.05) is 13.7 Å². The molecule has 10 atom stereocenters. The summed E-state index contributed by atoms with van der Waals surface area (Å²) in [4.78, 5) is 11.6. The second-order valence-corrected chi connectivity index (χ2v) is 13.3. The van der Waals surface area contributed by atoms with Crippen LogP contribution in [0.4, 0.5) is 0 Å². The van der Waals surface area contributed by atoms with Crippen LogP contribution in [0.3, 0.4) is 0 Å². The third-order valence-electron chi connectivity index (χ3n) is 9.84. The SMILES string of the molecule is CO[C@@H]1[C@H](C)C2CC=C3C(CCC4(S)C(c5ccc(=O)oc5)C(Cl)(Cl)C[C@]34O)C2(CO)C2O[C@@H]21. The molecule has 4 fully saturated rings. The van der Waals surface area contributed by atoms with Crippen LogP contribution in [0.1, 0.15) is 44.1 Å². The zero-order valence-corrected chi connectivity index (χ0v) is 21.5. The van der Waals surface area contributed by atoms with Gasteiger partial charge in [-0.05, 0) is 54.2 Å². The Morgan fingerprint density at radius 3 is 2.74 bits per heavy atom. The van der Waals surface area contributed by atoms with Gasteiger partial charge in [-0.25, -0.2) is 4.79 Å². The lowest BCUT2D eigenvalue weighted by molar-refractivity contribution is -0.109. The molecule has 1 aromatic rings.